The summed E-state index contributed by atoms with van der Waals surface area (Å²) in [4.78, 5) is 7.88. The third-order valence-corrected chi connectivity index (χ3v) is 4.05. The van der Waals surface area contributed by atoms with Crippen LogP contribution in [0.5, 0.6) is 0 Å². The summed E-state index contributed by atoms with van der Waals surface area (Å²) in [7, 11) is 1.83. The molecule has 0 spiro atoms. The van der Waals surface area contributed by atoms with E-state index < -0.39 is 30.1 Å². The van der Waals surface area contributed by atoms with Gasteiger partial charge < -0.3 is 21.1 Å². The van der Waals surface area contributed by atoms with Crippen LogP contribution in [0.2, 0.25) is 0 Å². The Hall–Kier alpha value is -3.18. The molecule has 0 aliphatic rings. The van der Waals surface area contributed by atoms with E-state index in [1.807, 2.05) is 7.05 Å². The van der Waals surface area contributed by atoms with Crippen LogP contribution < -0.4 is 16.0 Å². The Kier molecular flexibility index (Phi) is 6.62. The summed E-state index contributed by atoms with van der Waals surface area (Å²) in [6.07, 6.45) is 4.23. The van der Waals surface area contributed by atoms with Crippen molar-refractivity contribution in [3.8, 4) is 0 Å². The maximum atomic E-state index is 14.2. The molecule has 0 aliphatic heterocycles. The van der Waals surface area contributed by atoms with E-state index in [9.17, 15) is 18.3 Å². The Morgan fingerprint density at radius 1 is 1.17 bits per heavy atom. The van der Waals surface area contributed by atoms with Crippen molar-refractivity contribution in [3.05, 3.63) is 59.8 Å². The molecular formula is C18H20F3N7O. The van der Waals surface area contributed by atoms with Gasteiger partial charge in [-0.05, 0) is 25.2 Å². The van der Waals surface area contributed by atoms with E-state index in [4.69, 9.17) is 0 Å². The molecule has 2 heterocycles. The number of aromatic nitrogens is 4. The second-order valence-corrected chi connectivity index (χ2v) is 6.16. The minimum Gasteiger partial charge on any atom is -0.394 e. The number of hydrogen-bond acceptors (Lipinski definition) is 7. The summed E-state index contributed by atoms with van der Waals surface area (Å²) >= 11 is 0. The molecule has 1 atom stereocenters. The Bertz CT molecular complexity index is 966. The van der Waals surface area contributed by atoms with E-state index in [1.54, 1.807) is 17.1 Å². The van der Waals surface area contributed by atoms with Gasteiger partial charge >= 0.3 is 0 Å². The average molecular weight is 407 g/mol. The van der Waals surface area contributed by atoms with E-state index in [-0.39, 0.29) is 17.3 Å². The lowest BCUT2D eigenvalue weighted by Crippen LogP contribution is -2.18. The van der Waals surface area contributed by atoms with Gasteiger partial charge in [0.1, 0.15) is 11.6 Å². The standard InChI is InChI=1S/C18H20F3N7O/c1-22-4-5-28-9-12(7-24-28)25-18-23-8-15(21)17(27-18)26-16(10-29)13-6-11(19)2-3-14(13)20/h2-3,6-9,16,22,29H,4-5,10H2,1H3,(H2,23,25,26,27). The van der Waals surface area contributed by atoms with Crippen LogP contribution >= 0.6 is 0 Å². The zero-order chi connectivity index (χ0) is 20.8. The zero-order valence-electron chi connectivity index (χ0n) is 15.5. The summed E-state index contributed by atoms with van der Waals surface area (Å²) in [5, 5.41) is 22.2. The largest absolute Gasteiger partial charge is 0.394 e. The van der Waals surface area contributed by atoms with Crippen LogP contribution in [-0.2, 0) is 6.54 Å². The molecule has 0 saturated heterocycles. The molecule has 2 aromatic heterocycles. The zero-order valence-corrected chi connectivity index (χ0v) is 15.5. The van der Waals surface area contributed by atoms with Gasteiger partial charge in [0.15, 0.2) is 11.6 Å². The Morgan fingerprint density at radius 2 is 2.00 bits per heavy atom. The van der Waals surface area contributed by atoms with Gasteiger partial charge in [-0.25, -0.2) is 18.2 Å². The molecule has 4 N–H and O–H groups in total. The molecule has 11 heteroatoms. The number of nitrogens with zero attached hydrogens (tertiary/aromatic N) is 4. The van der Waals surface area contributed by atoms with E-state index in [0.29, 0.717) is 12.2 Å². The molecule has 0 bridgehead atoms. The summed E-state index contributed by atoms with van der Waals surface area (Å²) < 4.78 is 43.3. The van der Waals surface area contributed by atoms with Gasteiger partial charge in [-0.2, -0.15) is 10.1 Å². The fourth-order valence-electron chi connectivity index (χ4n) is 2.60. The molecule has 0 amide bonds. The number of hydrogen-bond donors (Lipinski definition) is 4. The molecule has 0 fully saturated rings. The highest BCUT2D eigenvalue weighted by Crippen LogP contribution is 2.24. The molecule has 3 rings (SSSR count). The Balaban J connectivity index is 1.77. The molecule has 1 unspecified atom stereocenters. The molecule has 0 saturated carbocycles. The monoisotopic (exact) mass is 407 g/mol. The number of anilines is 3. The van der Waals surface area contributed by atoms with Gasteiger partial charge in [0.05, 0.1) is 37.3 Å². The van der Waals surface area contributed by atoms with Gasteiger partial charge in [0, 0.05) is 18.3 Å². The summed E-state index contributed by atoms with van der Waals surface area (Å²) in [6.45, 7) is 0.791. The number of nitrogens with one attached hydrogen (secondary N) is 3. The predicted molar refractivity (Wildman–Crippen MR) is 101 cm³/mol. The van der Waals surface area contributed by atoms with Gasteiger partial charge in [-0.1, -0.05) is 0 Å². The van der Waals surface area contributed by atoms with Crippen molar-refractivity contribution < 1.29 is 18.3 Å². The molecule has 1 aromatic carbocycles. The summed E-state index contributed by atoms with van der Waals surface area (Å²) in [6, 6.07) is 1.72. The first kappa shape index (κ1) is 20.6. The number of halogens is 3. The Morgan fingerprint density at radius 3 is 2.76 bits per heavy atom. The van der Waals surface area contributed by atoms with Gasteiger partial charge in [-0.15, -0.1) is 0 Å². The number of benzene rings is 1. The highest BCUT2D eigenvalue weighted by molar-refractivity contribution is 5.53. The van der Waals surface area contributed by atoms with Crippen LogP contribution in [-0.4, -0.2) is 45.1 Å². The van der Waals surface area contributed by atoms with Crippen molar-refractivity contribution in [2.75, 3.05) is 30.8 Å². The van der Waals surface area contributed by atoms with Gasteiger partial charge in [-0.3, -0.25) is 4.68 Å². The highest BCUT2D eigenvalue weighted by Gasteiger charge is 2.19. The lowest BCUT2D eigenvalue weighted by Gasteiger charge is -2.18. The van der Waals surface area contributed by atoms with Crippen LogP contribution in [0.25, 0.3) is 0 Å². The number of aliphatic hydroxyl groups is 1. The average Bonchev–Trinajstić information content (AvgIpc) is 3.16. The van der Waals surface area contributed by atoms with E-state index in [2.05, 4.69) is 31.0 Å². The van der Waals surface area contributed by atoms with Crippen molar-refractivity contribution in [3.63, 3.8) is 0 Å². The van der Waals surface area contributed by atoms with Crippen LogP contribution in [0.15, 0.2) is 36.8 Å². The normalized spacial score (nSPS) is 12.0. The first-order chi connectivity index (χ1) is 14.0. The van der Waals surface area contributed by atoms with Crippen LogP contribution in [0.3, 0.4) is 0 Å². The fraction of sp³-hybridized carbons (Fsp3) is 0.278. The minimum absolute atomic E-state index is 0.0680. The van der Waals surface area contributed by atoms with Crippen molar-refractivity contribution >= 4 is 17.5 Å². The third-order valence-electron chi connectivity index (χ3n) is 4.05. The van der Waals surface area contributed by atoms with Crippen LogP contribution in [0.4, 0.5) is 30.6 Å². The van der Waals surface area contributed by atoms with Crippen LogP contribution in [0.1, 0.15) is 11.6 Å². The Labute approximate surface area is 164 Å². The lowest BCUT2D eigenvalue weighted by molar-refractivity contribution is 0.273. The summed E-state index contributed by atoms with van der Waals surface area (Å²) in [5.74, 6) is -2.43. The van der Waals surface area contributed by atoms with Crippen molar-refractivity contribution in [1.29, 1.82) is 0 Å². The van der Waals surface area contributed by atoms with Gasteiger partial charge in [0.25, 0.3) is 0 Å². The number of likely N-dealkylation sites (N-methyl/N-ethyl adjacent to an activating group) is 1. The first-order valence-corrected chi connectivity index (χ1v) is 8.79. The van der Waals surface area contributed by atoms with E-state index in [1.165, 1.54) is 0 Å². The van der Waals surface area contributed by atoms with Crippen LogP contribution in [0, 0.1) is 17.5 Å². The second kappa shape index (κ2) is 9.34. The molecular weight excluding hydrogens is 387 g/mol. The quantitative estimate of drug-likeness (QED) is 0.432. The molecule has 29 heavy (non-hydrogen) atoms. The van der Waals surface area contributed by atoms with Gasteiger partial charge in [0.2, 0.25) is 5.95 Å². The smallest absolute Gasteiger partial charge is 0.229 e. The molecule has 0 radical (unpaired) electrons. The SMILES string of the molecule is CNCCn1cc(Nc2ncc(F)c(NC(CO)c3cc(F)ccc3F)n2)cn1. The third kappa shape index (κ3) is 5.21. The minimum atomic E-state index is -1.10. The predicted octanol–water partition coefficient (Wildman–Crippen LogP) is 2.20. The number of aliphatic hydroxyl groups excluding tert-OH is 1. The topological polar surface area (TPSA) is 99.9 Å². The van der Waals surface area contributed by atoms with E-state index in [0.717, 1.165) is 30.9 Å². The molecule has 3 aromatic rings. The summed E-state index contributed by atoms with van der Waals surface area (Å²) in [5.41, 5.74) is 0.444. The first-order valence-electron chi connectivity index (χ1n) is 8.79. The van der Waals surface area contributed by atoms with Crippen molar-refractivity contribution in [1.82, 2.24) is 25.1 Å². The maximum absolute atomic E-state index is 14.2. The lowest BCUT2D eigenvalue weighted by atomic mass is 10.1. The van der Waals surface area contributed by atoms with Crippen molar-refractivity contribution in [2.45, 2.75) is 12.6 Å². The van der Waals surface area contributed by atoms with E-state index >= 15 is 0 Å². The molecule has 154 valence electrons. The number of rotatable bonds is 9. The fourth-order valence-corrected chi connectivity index (χ4v) is 2.60. The second-order valence-electron chi connectivity index (χ2n) is 6.16. The van der Waals surface area contributed by atoms with Crippen molar-refractivity contribution in [2.24, 2.45) is 0 Å². The molecule has 8 nitrogen and oxygen atoms in total. The maximum Gasteiger partial charge on any atom is 0.229 e. The highest BCUT2D eigenvalue weighted by atomic mass is 19.1. The molecule has 0 aliphatic carbocycles.